The predicted molar refractivity (Wildman–Crippen MR) is 66.2 cm³/mol. The van der Waals surface area contributed by atoms with E-state index in [4.69, 9.17) is 17.3 Å². The minimum atomic E-state index is -4.47. The molecule has 3 N–H and O–H groups in total. The Balaban J connectivity index is 2.38. The van der Waals surface area contributed by atoms with Crippen molar-refractivity contribution in [2.24, 2.45) is 0 Å². The number of hydrogen-bond donors (Lipinski definition) is 2. The number of aromatic nitrogens is 2. The number of benzene rings is 1. The molecule has 0 aliphatic heterocycles. The van der Waals surface area contributed by atoms with Crippen LogP contribution in [0.15, 0.2) is 30.3 Å². The molecule has 0 spiro atoms. The van der Waals surface area contributed by atoms with Crippen molar-refractivity contribution in [3.63, 3.8) is 0 Å². The molecule has 2 aromatic rings. The van der Waals surface area contributed by atoms with Crippen molar-refractivity contribution in [2.75, 3.05) is 11.1 Å². The molecule has 0 saturated heterocycles. The molecule has 8 heteroatoms. The van der Waals surface area contributed by atoms with E-state index in [1.807, 2.05) is 0 Å². The third-order valence-electron chi connectivity index (χ3n) is 2.21. The van der Waals surface area contributed by atoms with Gasteiger partial charge in [-0.2, -0.15) is 18.2 Å². The van der Waals surface area contributed by atoms with Crippen molar-refractivity contribution < 1.29 is 13.2 Å². The molecule has 1 aromatic heterocycles. The second kappa shape index (κ2) is 4.93. The number of nitrogen functional groups attached to an aromatic ring is 1. The first-order chi connectivity index (χ1) is 8.86. The summed E-state index contributed by atoms with van der Waals surface area (Å²) in [7, 11) is 0. The van der Waals surface area contributed by atoms with Gasteiger partial charge in [0.05, 0.1) is 11.3 Å². The van der Waals surface area contributed by atoms with E-state index >= 15 is 0 Å². The third-order valence-corrected chi connectivity index (χ3v) is 2.40. The highest BCUT2D eigenvalue weighted by molar-refractivity contribution is 6.29. The Hall–Kier alpha value is -2.02. The number of para-hydroxylation sites is 1. The highest BCUT2D eigenvalue weighted by Gasteiger charge is 2.33. The third kappa shape index (κ3) is 3.25. The Labute approximate surface area is 111 Å². The molecular formula is C11H8ClF3N4. The van der Waals surface area contributed by atoms with Crippen molar-refractivity contribution in [3.8, 4) is 0 Å². The molecule has 0 bridgehead atoms. The summed E-state index contributed by atoms with van der Waals surface area (Å²) in [6.45, 7) is 0. The van der Waals surface area contributed by atoms with Crippen molar-refractivity contribution in [3.05, 3.63) is 41.0 Å². The van der Waals surface area contributed by atoms with Crippen LogP contribution in [0, 0.1) is 0 Å². The van der Waals surface area contributed by atoms with E-state index < -0.39 is 11.7 Å². The van der Waals surface area contributed by atoms with Crippen LogP contribution in [0.5, 0.6) is 0 Å². The van der Waals surface area contributed by atoms with E-state index in [9.17, 15) is 13.2 Å². The zero-order chi connectivity index (χ0) is 14.0. The molecule has 19 heavy (non-hydrogen) atoms. The predicted octanol–water partition coefficient (Wildman–Crippen LogP) is 3.47. The van der Waals surface area contributed by atoms with Crippen LogP contribution in [0.25, 0.3) is 0 Å². The zero-order valence-electron chi connectivity index (χ0n) is 9.37. The minimum Gasteiger partial charge on any atom is -0.368 e. The fraction of sp³-hybridized carbons (Fsp3) is 0.0909. The summed E-state index contributed by atoms with van der Waals surface area (Å²) in [6, 6.07) is 6.31. The molecule has 0 amide bonds. The fourth-order valence-corrected chi connectivity index (χ4v) is 1.67. The van der Waals surface area contributed by atoms with Gasteiger partial charge in [-0.3, -0.25) is 0 Å². The van der Waals surface area contributed by atoms with Gasteiger partial charge in [-0.15, -0.1) is 0 Å². The number of alkyl halides is 3. The molecule has 0 unspecified atom stereocenters. The van der Waals surface area contributed by atoms with Gasteiger partial charge < -0.3 is 11.1 Å². The molecule has 4 nitrogen and oxygen atoms in total. The van der Waals surface area contributed by atoms with Crippen LogP contribution >= 0.6 is 11.6 Å². The summed E-state index contributed by atoms with van der Waals surface area (Å²) < 4.78 is 38.4. The first-order valence-corrected chi connectivity index (χ1v) is 5.47. The molecule has 100 valence electrons. The van der Waals surface area contributed by atoms with Gasteiger partial charge in [-0.1, -0.05) is 23.7 Å². The Morgan fingerprint density at radius 1 is 1.16 bits per heavy atom. The Kier molecular flexibility index (Phi) is 3.48. The zero-order valence-corrected chi connectivity index (χ0v) is 10.1. The van der Waals surface area contributed by atoms with Gasteiger partial charge >= 0.3 is 6.18 Å². The van der Waals surface area contributed by atoms with Crippen LogP contribution in [-0.4, -0.2) is 9.97 Å². The van der Waals surface area contributed by atoms with E-state index in [-0.39, 0.29) is 22.6 Å². The molecule has 0 aliphatic carbocycles. The lowest BCUT2D eigenvalue weighted by molar-refractivity contribution is -0.136. The highest BCUT2D eigenvalue weighted by Crippen LogP contribution is 2.35. The normalized spacial score (nSPS) is 11.4. The number of halogens is 4. The van der Waals surface area contributed by atoms with Crippen molar-refractivity contribution in [2.45, 2.75) is 6.18 Å². The molecule has 0 aliphatic rings. The number of rotatable bonds is 2. The van der Waals surface area contributed by atoms with E-state index in [0.717, 1.165) is 6.07 Å². The SMILES string of the molecule is Nc1nc(Cl)cc(Nc2ccccc2C(F)(F)F)n1. The van der Waals surface area contributed by atoms with E-state index in [0.29, 0.717) is 0 Å². The van der Waals surface area contributed by atoms with Gasteiger partial charge in [0, 0.05) is 6.07 Å². The van der Waals surface area contributed by atoms with Gasteiger partial charge in [0.15, 0.2) is 0 Å². The average molecular weight is 289 g/mol. The van der Waals surface area contributed by atoms with Gasteiger partial charge in [0.1, 0.15) is 11.0 Å². The second-order valence-corrected chi connectivity index (χ2v) is 3.99. The van der Waals surface area contributed by atoms with Crippen LogP contribution in [0.1, 0.15) is 5.56 Å². The summed E-state index contributed by atoms with van der Waals surface area (Å²) in [5.41, 5.74) is 4.43. The lowest BCUT2D eigenvalue weighted by Gasteiger charge is -2.13. The van der Waals surface area contributed by atoms with Crippen molar-refractivity contribution >= 4 is 29.1 Å². The monoisotopic (exact) mass is 288 g/mol. The largest absolute Gasteiger partial charge is 0.418 e. The maximum Gasteiger partial charge on any atom is 0.418 e. The van der Waals surface area contributed by atoms with Crippen LogP contribution < -0.4 is 11.1 Å². The lowest BCUT2D eigenvalue weighted by Crippen LogP contribution is -2.09. The number of nitrogens with two attached hydrogens (primary N) is 1. The Bertz CT molecular complexity index is 580. The van der Waals surface area contributed by atoms with E-state index in [1.165, 1.54) is 24.3 Å². The fourth-order valence-electron chi connectivity index (χ4n) is 1.48. The lowest BCUT2D eigenvalue weighted by atomic mass is 10.1. The van der Waals surface area contributed by atoms with Crippen molar-refractivity contribution in [1.82, 2.24) is 9.97 Å². The smallest absolute Gasteiger partial charge is 0.368 e. The number of nitrogens with one attached hydrogen (secondary N) is 1. The maximum atomic E-state index is 12.8. The van der Waals surface area contributed by atoms with Crippen LogP contribution in [0.3, 0.4) is 0 Å². The molecular weight excluding hydrogens is 281 g/mol. The number of anilines is 3. The molecule has 1 heterocycles. The first-order valence-electron chi connectivity index (χ1n) is 5.09. The standard InChI is InChI=1S/C11H8ClF3N4/c12-8-5-9(19-10(16)18-8)17-7-4-2-1-3-6(7)11(13,14)15/h1-5H,(H3,16,17,18,19). The minimum absolute atomic E-state index is 0.0412. The molecule has 0 fully saturated rings. The Morgan fingerprint density at radius 2 is 1.84 bits per heavy atom. The summed E-state index contributed by atoms with van der Waals surface area (Å²) in [4.78, 5) is 7.37. The molecule has 0 saturated carbocycles. The van der Waals surface area contributed by atoms with Crippen molar-refractivity contribution in [1.29, 1.82) is 0 Å². The van der Waals surface area contributed by atoms with Crippen LogP contribution in [0.4, 0.5) is 30.6 Å². The molecule has 1 aromatic carbocycles. The summed E-state index contributed by atoms with van der Waals surface area (Å²) in [5.74, 6) is -0.0336. The number of hydrogen-bond acceptors (Lipinski definition) is 4. The highest BCUT2D eigenvalue weighted by atomic mass is 35.5. The molecule has 0 radical (unpaired) electrons. The first kappa shape index (κ1) is 13.4. The Morgan fingerprint density at radius 3 is 2.47 bits per heavy atom. The molecule has 2 rings (SSSR count). The maximum absolute atomic E-state index is 12.8. The summed E-state index contributed by atoms with van der Waals surface area (Å²) >= 11 is 5.65. The average Bonchev–Trinajstić information content (AvgIpc) is 2.26. The van der Waals surface area contributed by atoms with E-state index in [1.54, 1.807) is 0 Å². The molecule has 0 atom stereocenters. The van der Waals surface area contributed by atoms with E-state index in [2.05, 4.69) is 15.3 Å². The van der Waals surface area contributed by atoms with Crippen LogP contribution in [0.2, 0.25) is 5.15 Å². The van der Waals surface area contributed by atoms with Crippen LogP contribution in [-0.2, 0) is 6.18 Å². The second-order valence-electron chi connectivity index (χ2n) is 3.60. The van der Waals surface area contributed by atoms with Gasteiger partial charge in [0.2, 0.25) is 5.95 Å². The summed E-state index contributed by atoms with van der Waals surface area (Å²) in [6.07, 6.45) is -4.47. The van der Waals surface area contributed by atoms with Gasteiger partial charge in [-0.05, 0) is 12.1 Å². The quantitative estimate of drug-likeness (QED) is 0.831. The van der Waals surface area contributed by atoms with Gasteiger partial charge in [0.25, 0.3) is 0 Å². The summed E-state index contributed by atoms with van der Waals surface area (Å²) in [5, 5.41) is 2.57. The van der Waals surface area contributed by atoms with Gasteiger partial charge in [-0.25, -0.2) is 4.98 Å². The number of nitrogens with zero attached hydrogens (tertiary/aromatic N) is 2. The topological polar surface area (TPSA) is 63.8 Å².